The third-order valence-electron chi connectivity index (χ3n) is 3.10. The summed E-state index contributed by atoms with van der Waals surface area (Å²) in [5, 5.41) is 18.9. The van der Waals surface area contributed by atoms with Gasteiger partial charge in [0.15, 0.2) is 0 Å². The Balaban J connectivity index is 2.67. The van der Waals surface area contributed by atoms with Gasteiger partial charge in [0.2, 0.25) is 5.88 Å². The number of aromatic nitrogens is 1. The van der Waals surface area contributed by atoms with Gasteiger partial charge in [0, 0.05) is 0 Å². The van der Waals surface area contributed by atoms with Crippen LogP contribution in [0.2, 0.25) is 0 Å². The quantitative estimate of drug-likeness (QED) is 0.778. The van der Waals surface area contributed by atoms with Crippen molar-refractivity contribution in [1.82, 2.24) is 4.98 Å². The number of hydrogen-bond acceptors (Lipinski definition) is 4. The highest BCUT2D eigenvalue weighted by Crippen LogP contribution is 2.34. The Kier molecular flexibility index (Phi) is 2.80. The molecule has 84 valence electrons. The molecule has 1 heterocycles. The van der Waals surface area contributed by atoms with Crippen molar-refractivity contribution in [2.45, 2.75) is 32.3 Å². The predicted octanol–water partition coefficient (Wildman–Crippen LogP) is 1.64. The standard InChI is InChI=1S/C12H14N2O2/c1-7-8-4-3-5-10(15)11(8)14-12(16-2)9(7)6-13/h10,15H,3-5H2,1-2H3. The molecular formula is C12H14N2O2. The van der Waals surface area contributed by atoms with Gasteiger partial charge in [-0.05, 0) is 37.3 Å². The first-order valence-corrected chi connectivity index (χ1v) is 5.34. The lowest BCUT2D eigenvalue weighted by molar-refractivity contribution is 0.150. The molecule has 1 aromatic rings. The molecule has 1 atom stereocenters. The Hall–Kier alpha value is -1.60. The van der Waals surface area contributed by atoms with E-state index in [1.165, 1.54) is 7.11 Å². The number of nitrogens with zero attached hydrogens (tertiary/aromatic N) is 2. The summed E-state index contributed by atoms with van der Waals surface area (Å²) in [7, 11) is 1.49. The summed E-state index contributed by atoms with van der Waals surface area (Å²) in [4.78, 5) is 4.25. The average molecular weight is 218 g/mol. The largest absolute Gasteiger partial charge is 0.480 e. The molecule has 0 saturated heterocycles. The van der Waals surface area contributed by atoms with Crippen LogP contribution in [0, 0.1) is 18.3 Å². The summed E-state index contributed by atoms with van der Waals surface area (Å²) in [6.45, 7) is 1.89. The molecule has 0 aliphatic heterocycles. The van der Waals surface area contributed by atoms with E-state index in [0.29, 0.717) is 17.1 Å². The van der Waals surface area contributed by atoms with Crippen LogP contribution in [-0.4, -0.2) is 17.2 Å². The van der Waals surface area contributed by atoms with Crippen LogP contribution in [0.15, 0.2) is 0 Å². The van der Waals surface area contributed by atoms with E-state index in [0.717, 1.165) is 30.4 Å². The molecule has 4 heteroatoms. The van der Waals surface area contributed by atoms with E-state index in [9.17, 15) is 5.11 Å². The summed E-state index contributed by atoms with van der Waals surface area (Å²) >= 11 is 0. The second kappa shape index (κ2) is 4.11. The number of methoxy groups -OCH3 is 1. The maximum Gasteiger partial charge on any atom is 0.232 e. The number of aliphatic hydroxyl groups is 1. The van der Waals surface area contributed by atoms with Gasteiger partial charge < -0.3 is 9.84 Å². The van der Waals surface area contributed by atoms with E-state index in [1.54, 1.807) is 0 Å². The lowest BCUT2D eigenvalue weighted by Gasteiger charge is -2.23. The third-order valence-corrected chi connectivity index (χ3v) is 3.10. The normalized spacial score (nSPS) is 18.8. The van der Waals surface area contributed by atoms with Crippen LogP contribution in [0.3, 0.4) is 0 Å². The van der Waals surface area contributed by atoms with Crippen molar-refractivity contribution in [1.29, 1.82) is 5.26 Å². The van der Waals surface area contributed by atoms with Crippen molar-refractivity contribution in [2.75, 3.05) is 7.11 Å². The van der Waals surface area contributed by atoms with E-state index in [1.807, 2.05) is 6.92 Å². The van der Waals surface area contributed by atoms with Crippen molar-refractivity contribution < 1.29 is 9.84 Å². The predicted molar refractivity (Wildman–Crippen MR) is 58.1 cm³/mol. The molecule has 1 N–H and O–H groups in total. The zero-order chi connectivity index (χ0) is 11.7. The van der Waals surface area contributed by atoms with Crippen molar-refractivity contribution in [2.24, 2.45) is 0 Å². The number of ether oxygens (including phenoxy) is 1. The molecule has 1 aromatic heterocycles. The molecule has 1 aliphatic rings. The van der Waals surface area contributed by atoms with Crippen LogP contribution in [-0.2, 0) is 6.42 Å². The molecular weight excluding hydrogens is 204 g/mol. The smallest absolute Gasteiger partial charge is 0.232 e. The van der Waals surface area contributed by atoms with Crippen LogP contribution in [0.4, 0.5) is 0 Å². The first-order chi connectivity index (χ1) is 7.69. The van der Waals surface area contributed by atoms with Gasteiger partial charge >= 0.3 is 0 Å². The number of hydrogen-bond donors (Lipinski definition) is 1. The fourth-order valence-electron chi connectivity index (χ4n) is 2.22. The molecule has 0 amide bonds. The molecule has 1 aliphatic carbocycles. The van der Waals surface area contributed by atoms with E-state index in [4.69, 9.17) is 10.00 Å². The van der Waals surface area contributed by atoms with E-state index in [2.05, 4.69) is 11.1 Å². The molecule has 4 nitrogen and oxygen atoms in total. The summed E-state index contributed by atoms with van der Waals surface area (Å²) in [6, 6.07) is 2.11. The van der Waals surface area contributed by atoms with Crippen LogP contribution < -0.4 is 4.74 Å². The first-order valence-electron chi connectivity index (χ1n) is 5.34. The molecule has 0 saturated carbocycles. The van der Waals surface area contributed by atoms with Crippen molar-refractivity contribution >= 4 is 0 Å². The van der Waals surface area contributed by atoms with Gasteiger partial charge in [0.25, 0.3) is 0 Å². The Morgan fingerprint density at radius 1 is 1.56 bits per heavy atom. The fourth-order valence-corrected chi connectivity index (χ4v) is 2.22. The first kappa shape index (κ1) is 10.9. The Morgan fingerprint density at radius 3 is 2.94 bits per heavy atom. The topological polar surface area (TPSA) is 66.1 Å². The minimum atomic E-state index is -0.524. The molecule has 0 radical (unpaired) electrons. The Labute approximate surface area is 94.5 Å². The van der Waals surface area contributed by atoms with E-state index < -0.39 is 6.10 Å². The highest BCUT2D eigenvalue weighted by molar-refractivity contribution is 5.50. The second-order valence-corrected chi connectivity index (χ2v) is 4.00. The van der Waals surface area contributed by atoms with Gasteiger partial charge in [-0.3, -0.25) is 0 Å². The molecule has 0 fully saturated rings. The molecule has 1 unspecified atom stereocenters. The maximum atomic E-state index is 9.87. The van der Waals surface area contributed by atoms with Gasteiger partial charge in [-0.1, -0.05) is 0 Å². The average Bonchev–Trinajstić information content (AvgIpc) is 2.30. The van der Waals surface area contributed by atoms with Crippen molar-refractivity contribution in [3.05, 3.63) is 22.4 Å². The minimum absolute atomic E-state index is 0.319. The van der Waals surface area contributed by atoms with Gasteiger partial charge in [-0.25, -0.2) is 4.98 Å². The molecule has 0 spiro atoms. The van der Waals surface area contributed by atoms with Crippen LogP contribution in [0.25, 0.3) is 0 Å². The van der Waals surface area contributed by atoms with Crippen LogP contribution in [0.1, 0.15) is 41.3 Å². The Morgan fingerprint density at radius 2 is 2.31 bits per heavy atom. The van der Waals surface area contributed by atoms with Crippen molar-refractivity contribution in [3.63, 3.8) is 0 Å². The molecule has 16 heavy (non-hydrogen) atoms. The number of aliphatic hydroxyl groups excluding tert-OH is 1. The third kappa shape index (κ3) is 1.54. The number of nitriles is 1. The SMILES string of the molecule is COc1nc2c(c(C)c1C#N)CCCC2O. The van der Waals surface area contributed by atoms with Crippen LogP contribution >= 0.6 is 0 Å². The highest BCUT2D eigenvalue weighted by Gasteiger charge is 2.25. The van der Waals surface area contributed by atoms with E-state index >= 15 is 0 Å². The second-order valence-electron chi connectivity index (χ2n) is 4.00. The zero-order valence-corrected chi connectivity index (χ0v) is 9.45. The maximum absolute atomic E-state index is 9.87. The van der Waals surface area contributed by atoms with E-state index in [-0.39, 0.29) is 0 Å². The van der Waals surface area contributed by atoms with Gasteiger partial charge in [-0.2, -0.15) is 5.26 Å². The monoisotopic (exact) mass is 218 g/mol. The number of pyridine rings is 1. The summed E-state index contributed by atoms with van der Waals surface area (Å²) in [5.41, 5.74) is 3.06. The fraction of sp³-hybridized carbons (Fsp3) is 0.500. The summed E-state index contributed by atoms with van der Waals surface area (Å²) in [6.07, 6.45) is 2.02. The van der Waals surface area contributed by atoms with Crippen molar-refractivity contribution in [3.8, 4) is 11.9 Å². The molecule has 0 bridgehead atoms. The highest BCUT2D eigenvalue weighted by atomic mass is 16.5. The number of fused-ring (bicyclic) bond motifs is 1. The molecule has 2 rings (SSSR count). The van der Waals surface area contributed by atoms with Gasteiger partial charge in [0.1, 0.15) is 11.6 Å². The molecule has 0 aromatic carbocycles. The Bertz CT molecular complexity index is 463. The summed E-state index contributed by atoms with van der Waals surface area (Å²) in [5.74, 6) is 0.319. The van der Waals surface area contributed by atoms with Gasteiger partial charge in [-0.15, -0.1) is 0 Å². The lowest BCUT2D eigenvalue weighted by atomic mass is 9.89. The number of rotatable bonds is 1. The summed E-state index contributed by atoms with van der Waals surface area (Å²) < 4.78 is 5.09. The van der Waals surface area contributed by atoms with Crippen LogP contribution in [0.5, 0.6) is 5.88 Å². The minimum Gasteiger partial charge on any atom is -0.480 e. The zero-order valence-electron chi connectivity index (χ0n) is 9.45. The lowest BCUT2D eigenvalue weighted by Crippen LogP contribution is -2.15. The van der Waals surface area contributed by atoms with Gasteiger partial charge in [0.05, 0.1) is 18.9 Å².